The van der Waals surface area contributed by atoms with Crippen LogP contribution in [0.4, 0.5) is 30.6 Å². The molecular weight excluding hydrogens is 381 g/mol. The van der Waals surface area contributed by atoms with E-state index >= 15 is 0 Å². The van der Waals surface area contributed by atoms with Gasteiger partial charge < -0.3 is 10.2 Å². The van der Waals surface area contributed by atoms with Gasteiger partial charge in [-0.1, -0.05) is 0 Å². The van der Waals surface area contributed by atoms with E-state index < -0.39 is 17.8 Å². The minimum atomic E-state index is -0.832. The van der Waals surface area contributed by atoms with Crippen molar-refractivity contribution in [1.82, 2.24) is 19.7 Å². The highest BCUT2D eigenvalue weighted by Crippen LogP contribution is 2.41. The summed E-state index contributed by atoms with van der Waals surface area (Å²) >= 11 is 0. The molecule has 1 aromatic carbocycles. The number of alkyl halides is 1. The van der Waals surface area contributed by atoms with Gasteiger partial charge in [-0.15, -0.1) is 5.10 Å². The largest absolute Gasteiger partial charge is 0.354 e. The van der Waals surface area contributed by atoms with Crippen molar-refractivity contribution >= 4 is 17.5 Å². The molecule has 0 amide bonds. The number of hydrogen-bond donors (Lipinski definition) is 1. The summed E-state index contributed by atoms with van der Waals surface area (Å²) in [5.74, 6) is 0.0892. The average molecular weight is 400 g/mol. The molecule has 0 unspecified atom stereocenters. The Balaban J connectivity index is 1.41. The zero-order valence-electron chi connectivity index (χ0n) is 15.5. The second-order valence-electron chi connectivity index (χ2n) is 7.51. The van der Waals surface area contributed by atoms with Gasteiger partial charge in [-0.05, 0) is 37.5 Å². The van der Waals surface area contributed by atoms with Crippen molar-refractivity contribution in [1.29, 1.82) is 0 Å². The van der Waals surface area contributed by atoms with Crippen LogP contribution in [0.15, 0.2) is 36.7 Å². The Bertz CT molecular complexity index is 1030. The van der Waals surface area contributed by atoms with Gasteiger partial charge in [-0.2, -0.15) is 4.98 Å². The van der Waals surface area contributed by atoms with Crippen LogP contribution in [0.25, 0.3) is 5.69 Å². The van der Waals surface area contributed by atoms with Gasteiger partial charge in [0.2, 0.25) is 5.95 Å². The molecule has 1 N–H and O–H groups in total. The Kier molecular flexibility index (Phi) is 4.37. The third-order valence-corrected chi connectivity index (χ3v) is 5.14. The summed E-state index contributed by atoms with van der Waals surface area (Å²) in [4.78, 5) is 10.8. The number of hydrogen-bond acceptors (Lipinski definition) is 5. The first-order valence-corrected chi connectivity index (χ1v) is 9.60. The van der Waals surface area contributed by atoms with Crippen LogP contribution in [0.1, 0.15) is 30.9 Å². The van der Waals surface area contributed by atoms with Crippen LogP contribution in [0, 0.1) is 11.6 Å². The predicted molar refractivity (Wildman–Crippen MR) is 102 cm³/mol. The van der Waals surface area contributed by atoms with Crippen LogP contribution in [0.3, 0.4) is 0 Å². The van der Waals surface area contributed by atoms with E-state index in [2.05, 4.69) is 15.4 Å². The second kappa shape index (κ2) is 7.06. The number of nitrogens with zero attached hydrogens (tertiary/aromatic N) is 5. The molecule has 3 heterocycles. The molecule has 1 saturated heterocycles. The Morgan fingerprint density at radius 3 is 2.48 bits per heavy atom. The van der Waals surface area contributed by atoms with Crippen molar-refractivity contribution < 1.29 is 13.2 Å². The van der Waals surface area contributed by atoms with E-state index in [9.17, 15) is 13.2 Å². The molecule has 0 spiro atoms. The lowest BCUT2D eigenvalue weighted by Crippen LogP contribution is -2.21. The first kappa shape index (κ1) is 18.0. The number of aromatic nitrogens is 4. The molecule has 29 heavy (non-hydrogen) atoms. The molecule has 2 aromatic heterocycles. The molecule has 2 fully saturated rings. The number of anilines is 3. The molecule has 1 aliphatic carbocycles. The lowest BCUT2D eigenvalue weighted by Gasteiger charge is -2.18. The summed E-state index contributed by atoms with van der Waals surface area (Å²) in [5, 5.41) is 7.38. The van der Waals surface area contributed by atoms with Crippen LogP contribution in [0.5, 0.6) is 0 Å². The normalized spacial score (nSPS) is 19.0. The maximum Gasteiger partial charge on any atom is 0.246 e. The van der Waals surface area contributed by atoms with E-state index in [1.807, 2.05) is 17.0 Å². The molecule has 1 saturated carbocycles. The first-order chi connectivity index (χ1) is 14.0. The first-order valence-electron chi connectivity index (χ1n) is 9.60. The number of benzene rings is 1. The molecule has 2 aliphatic rings. The minimum Gasteiger partial charge on any atom is -0.354 e. The Morgan fingerprint density at radius 2 is 1.79 bits per heavy atom. The molecule has 0 bridgehead atoms. The fraction of sp³-hybridized carbons (Fsp3) is 0.350. The van der Waals surface area contributed by atoms with E-state index in [-0.39, 0.29) is 5.69 Å². The third-order valence-electron chi connectivity index (χ3n) is 5.14. The summed E-state index contributed by atoms with van der Waals surface area (Å²) in [7, 11) is 0. The highest BCUT2D eigenvalue weighted by molar-refractivity contribution is 5.61. The fourth-order valence-electron chi connectivity index (χ4n) is 3.53. The molecule has 3 aromatic rings. The minimum absolute atomic E-state index is 0.239. The van der Waals surface area contributed by atoms with Gasteiger partial charge in [0.05, 0.1) is 12.2 Å². The highest BCUT2D eigenvalue weighted by atomic mass is 19.1. The van der Waals surface area contributed by atoms with Gasteiger partial charge in [-0.3, -0.25) is 0 Å². The van der Waals surface area contributed by atoms with Crippen LogP contribution in [-0.2, 0) is 0 Å². The van der Waals surface area contributed by atoms with Crippen LogP contribution < -0.4 is 10.2 Å². The quantitative estimate of drug-likeness (QED) is 0.699. The van der Waals surface area contributed by atoms with Crippen molar-refractivity contribution in [2.75, 3.05) is 23.3 Å². The van der Waals surface area contributed by atoms with E-state index in [1.165, 1.54) is 23.1 Å². The number of nitrogens with one attached hydrogen (secondary N) is 1. The molecule has 1 aliphatic heterocycles. The van der Waals surface area contributed by atoms with E-state index in [1.54, 1.807) is 0 Å². The second-order valence-corrected chi connectivity index (χ2v) is 7.51. The van der Waals surface area contributed by atoms with Gasteiger partial charge in [-0.25, -0.2) is 22.8 Å². The maximum atomic E-state index is 13.6. The monoisotopic (exact) mass is 400 g/mol. The van der Waals surface area contributed by atoms with E-state index in [0.717, 1.165) is 36.1 Å². The summed E-state index contributed by atoms with van der Waals surface area (Å²) in [6.45, 7) is 0.984. The smallest absolute Gasteiger partial charge is 0.246 e. The number of pyridine rings is 1. The lowest BCUT2D eigenvalue weighted by atomic mass is 10.2. The molecule has 6 nitrogen and oxygen atoms in total. The zero-order chi connectivity index (χ0) is 20.0. The summed E-state index contributed by atoms with van der Waals surface area (Å²) in [6, 6.07) is 6.97. The van der Waals surface area contributed by atoms with Crippen molar-refractivity contribution in [3.63, 3.8) is 0 Å². The average Bonchev–Trinajstić information content (AvgIpc) is 3.28. The molecular formula is C20H19F3N6. The predicted octanol–water partition coefficient (Wildman–Crippen LogP) is 4.11. The van der Waals surface area contributed by atoms with Gasteiger partial charge in [0.1, 0.15) is 30.0 Å². The summed E-state index contributed by atoms with van der Waals surface area (Å²) in [6.07, 6.45) is 3.25. The third kappa shape index (κ3) is 3.90. The van der Waals surface area contributed by atoms with Crippen molar-refractivity contribution in [2.24, 2.45) is 0 Å². The summed E-state index contributed by atoms with van der Waals surface area (Å²) < 4.78 is 41.9. The standard InChI is InChI=1S/C20H19F3N6/c21-13-3-4-28(10-13)19-9-16(8-18(26-19)12-1-2-12)25-20-24-11-29(27-20)17-6-14(22)5-15(23)7-17/h5-9,11-13H,1-4,10H2,(H,25,26,27)/t13-/m1/s1. The van der Waals surface area contributed by atoms with Gasteiger partial charge >= 0.3 is 0 Å². The van der Waals surface area contributed by atoms with Gasteiger partial charge in [0.15, 0.2) is 0 Å². The van der Waals surface area contributed by atoms with Crippen molar-refractivity contribution in [3.8, 4) is 5.69 Å². The Labute approximate surface area is 165 Å². The fourth-order valence-corrected chi connectivity index (χ4v) is 3.53. The molecule has 5 rings (SSSR count). The van der Waals surface area contributed by atoms with E-state index in [4.69, 9.17) is 4.98 Å². The van der Waals surface area contributed by atoms with Crippen LogP contribution in [0.2, 0.25) is 0 Å². The summed E-state index contributed by atoms with van der Waals surface area (Å²) in [5.41, 5.74) is 1.96. The highest BCUT2D eigenvalue weighted by Gasteiger charge is 2.28. The Morgan fingerprint density at radius 1 is 1.00 bits per heavy atom. The van der Waals surface area contributed by atoms with Crippen molar-refractivity contribution in [3.05, 3.63) is 54.0 Å². The topological polar surface area (TPSA) is 58.9 Å². The van der Waals surface area contributed by atoms with Gasteiger partial charge in [0, 0.05) is 36.0 Å². The number of rotatable bonds is 5. The van der Waals surface area contributed by atoms with Crippen LogP contribution in [-0.4, -0.2) is 39.0 Å². The van der Waals surface area contributed by atoms with Crippen molar-refractivity contribution in [2.45, 2.75) is 31.4 Å². The SMILES string of the molecule is Fc1cc(F)cc(-n2cnc(Nc3cc(C4CC4)nc(N4CC[C@@H](F)C4)c3)n2)c1. The molecule has 0 radical (unpaired) electrons. The lowest BCUT2D eigenvalue weighted by molar-refractivity contribution is 0.364. The maximum absolute atomic E-state index is 13.6. The van der Waals surface area contributed by atoms with Crippen LogP contribution >= 0.6 is 0 Å². The molecule has 150 valence electrons. The van der Waals surface area contributed by atoms with Gasteiger partial charge in [0.25, 0.3) is 0 Å². The number of halogens is 3. The Hall–Kier alpha value is -3.10. The molecule has 9 heteroatoms. The van der Waals surface area contributed by atoms with E-state index in [0.29, 0.717) is 31.4 Å². The zero-order valence-corrected chi connectivity index (χ0v) is 15.5. The molecule has 1 atom stereocenters.